The van der Waals surface area contributed by atoms with Crippen molar-refractivity contribution in [2.24, 2.45) is 0 Å². The van der Waals surface area contributed by atoms with Crippen molar-refractivity contribution in [3.63, 3.8) is 0 Å². The van der Waals surface area contributed by atoms with E-state index in [1.807, 2.05) is 6.07 Å². The zero-order valence-corrected chi connectivity index (χ0v) is 18.7. The standard InChI is InChI=1S/C25H30N4O2/c1-6-11-31-22-12-16(29(7-2)8-3)9-10-17(22)24-27-20-13-18-19(14-21(20)28-24)26-23(30)15-25(18,4)5/h6,9-10,12-14H,1,7-8,11,15H2,2-5H3,(H,26,30)(H,27,28). The van der Waals surface area contributed by atoms with Gasteiger partial charge in [-0.05, 0) is 43.7 Å². The molecule has 0 radical (unpaired) electrons. The van der Waals surface area contributed by atoms with Crippen LogP contribution in [0.25, 0.3) is 22.4 Å². The topological polar surface area (TPSA) is 70.2 Å². The summed E-state index contributed by atoms with van der Waals surface area (Å²) >= 11 is 0. The summed E-state index contributed by atoms with van der Waals surface area (Å²) in [4.78, 5) is 22.7. The minimum atomic E-state index is -0.221. The van der Waals surface area contributed by atoms with E-state index in [2.05, 4.69) is 73.7 Å². The number of amides is 1. The van der Waals surface area contributed by atoms with Gasteiger partial charge >= 0.3 is 0 Å². The first-order chi connectivity index (χ1) is 14.9. The molecule has 0 spiro atoms. The summed E-state index contributed by atoms with van der Waals surface area (Å²) in [6.07, 6.45) is 2.21. The number of rotatable bonds is 7. The van der Waals surface area contributed by atoms with Crippen LogP contribution in [0.4, 0.5) is 11.4 Å². The molecule has 0 saturated heterocycles. The number of aromatic nitrogens is 2. The molecule has 0 unspecified atom stereocenters. The van der Waals surface area contributed by atoms with Gasteiger partial charge in [0, 0.05) is 42.4 Å². The van der Waals surface area contributed by atoms with Crippen LogP contribution in [0.5, 0.6) is 5.75 Å². The van der Waals surface area contributed by atoms with Gasteiger partial charge < -0.3 is 19.9 Å². The summed E-state index contributed by atoms with van der Waals surface area (Å²) in [5, 5.41) is 2.99. The molecule has 1 amide bonds. The second kappa shape index (κ2) is 8.10. The zero-order chi connectivity index (χ0) is 22.2. The largest absolute Gasteiger partial charge is 0.489 e. The lowest BCUT2D eigenvalue weighted by Crippen LogP contribution is -2.32. The number of carbonyl (C=O) groups excluding carboxylic acids is 1. The molecule has 0 aliphatic carbocycles. The highest BCUT2D eigenvalue weighted by molar-refractivity contribution is 5.98. The number of anilines is 2. The Morgan fingerprint density at radius 1 is 1.23 bits per heavy atom. The van der Waals surface area contributed by atoms with Crippen molar-refractivity contribution in [3.05, 3.63) is 48.6 Å². The number of nitrogens with zero attached hydrogens (tertiary/aromatic N) is 2. The Kier molecular flexibility index (Phi) is 5.48. The second-order valence-electron chi connectivity index (χ2n) is 8.56. The summed E-state index contributed by atoms with van der Waals surface area (Å²) in [7, 11) is 0. The highest BCUT2D eigenvalue weighted by atomic mass is 16.5. The van der Waals surface area contributed by atoms with E-state index in [0.29, 0.717) is 13.0 Å². The van der Waals surface area contributed by atoms with Crippen molar-refractivity contribution in [2.75, 3.05) is 29.9 Å². The average Bonchev–Trinajstić information content (AvgIpc) is 3.14. The quantitative estimate of drug-likeness (QED) is 0.514. The fourth-order valence-corrected chi connectivity index (χ4v) is 4.30. The van der Waals surface area contributed by atoms with Crippen LogP contribution in [0, 0.1) is 0 Å². The Labute approximate surface area is 183 Å². The predicted molar refractivity (Wildman–Crippen MR) is 127 cm³/mol. The van der Waals surface area contributed by atoms with Crippen LogP contribution in [-0.2, 0) is 10.2 Å². The van der Waals surface area contributed by atoms with Crippen LogP contribution in [0.2, 0.25) is 0 Å². The van der Waals surface area contributed by atoms with E-state index >= 15 is 0 Å². The van der Waals surface area contributed by atoms with E-state index in [1.165, 1.54) is 0 Å². The third kappa shape index (κ3) is 3.90. The number of H-pyrrole nitrogens is 1. The van der Waals surface area contributed by atoms with E-state index in [4.69, 9.17) is 9.72 Å². The number of nitrogens with one attached hydrogen (secondary N) is 2. The maximum absolute atomic E-state index is 12.1. The molecule has 4 rings (SSSR count). The van der Waals surface area contributed by atoms with Crippen LogP contribution < -0.4 is 15.0 Å². The van der Waals surface area contributed by atoms with Gasteiger partial charge in [-0.3, -0.25) is 4.79 Å². The Hall–Kier alpha value is -3.28. The normalized spacial score (nSPS) is 14.8. The number of fused-ring (bicyclic) bond motifs is 2. The van der Waals surface area contributed by atoms with E-state index < -0.39 is 0 Å². The number of hydrogen-bond donors (Lipinski definition) is 2. The number of carbonyl (C=O) groups is 1. The molecular formula is C25H30N4O2. The summed E-state index contributed by atoms with van der Waals surface area (Å²) in [6.45, 7) is 14.5. The highest BCUT2D eigenvalue weighted by Gasteiger charge is 2.32. The molecule has 1 aromatic heterocycles. The number of hydrogen-bond acceptors (Lipinski definition) is 4. The molecule has 2 aromatic carbocycles. The Bertz CT molecular complexity index is 1140. The van der Waals surface area contributed by atoms with Crippen LogP contribution in [-0.4, -0.2) is 35.6 Å². The summed E-state index contributed by atoms with van der Waals surface area (Å²) in [5.41, 5.74) is 5.51. The van der Waals surface area contributed by atoms with Crippen LogP contribution in [0.3, 0.4) is 0 Å². The molecule has 31 heavy (non-hydrogen) atoms. The highest BCUT2D eigenvalue weighted by Crippen LogP contribution is 2.40. The third-order valence-electron chi connectivity index (χ3n) is 5.93. The molecule has 1 aliphatic heterocycles. The monoisotopic (exact) mass is 418 g/mol. The van der Waals surface area contributed by atoms with Crippen LogP contribution >= 0.6 is 0 Å². The maximum atomic E-state index is 12.1. The SMILES string of the molecule is C=CCOc1cc(N(CC)CC)ccc1-c1nc2cc3c(cc2[nH]1)C(C)(C)CC(=O)N3. The number of imidazole rings is 1. The van der Waals surface area contributed by atoms with E-state index in [9.17, 15) is 4.79 Å². The molecule has 162 valence electrons. The van der Waals surface area contributed by atoms with Crippen LogP contribution in [0.1, 0.15) is 39.7 Å². The number of ether oxygens (including phenoxy) is 1. The van der Waals surface area contributed by atoms with E-state index in [0.717, 1.165) is 58.2 Å². The smallest absolute Gasteiger partial charge is 0.225 e. The lowest BCUT2D eigenvalue weighted by Gasteiger charge is -2.31. The minimum Gasteiger partial charge on any atom is -0.489 e. The van der Waals surface area contributed by atoms with Gasteiger partial charge in [-0.1, -0.05) is 26.5 Å². The third-order valence-corrected chi connectivity index (χ3v) is 5.93. The van der Waals surface area contributed by atoms with Gasteiger partial charge in [0.15, 0.2) is 0 Å². The molecule has 0 atom stereocenters. The number of aromatic amines is 1. The number of benzene rings is 2. The molecule has 3 aromatic rings. The van der Waals surface area contributed by atoms with E-state index in [1.54, 1.807) is 6.08 Å². The van der Waals surface area contributed by atoms with Crippen molar-refractivity contribution in [3.8, 4) is 17.1 Å². The minimum absolute atomic E-state index is 0.0414. The molecule has 0 saturated carbocycles. The fraction of sp³-hybridized carbons (Fsp3) is 0.360. The van der Waals surface area contributed by atoms with Gasteiger partial charge in [0.25, 0.3) is 0 Å². The van der Waals surface area contributed by atoms with Gasteiger partial charge in [0.1, 0.15) is 18.2 Å². The maximum Gasteiger partial charge on any atom is 0.225 e. The molecule has 6 nitrogen and oxygen atoms in total. The average molecular weight is 419 g/mol. The lowest BCUT2D eigenvalue weighted by molar-refractivity contribution is -0.117. The molecule has 0 bridgehead atoms. The zero-order valence-electron chi connectivity index (χ0n) is 18.7. The summed E-state index contributed by atoms with van der Waals surface area (Å²) in [5.74, 6) is 1.55. The first-order valence-corrected chi connectivity index (χ1v) is 10.8. The molecule has 0 fully saturated rings. The molecule has 2 N–H and O–H groups in total. The lowest BCUT2D eigenvalue weighted by atomic mass is 9.78. The van der Waals surface area contributed by atoms with Crippen molar-refractivity contribution in [2.45, 2.75) is 39.5 Å². The van der Waals surface area contributed by atoms with Gasteiger partial charge in [0.2, 0.25) is 5.91 Å². The summed E-state index contributed by atoms with van der Waals surface area (Å²) in [6, 6.07) is 10.3. The fourth-order valence-electron chi connectivity index (χ4n) is 4.30. The first-order valence-electron chi connectivity index (χ1n) is 10.8. The summed E-state index contributed by atoms with van der Waals surface area (Å²) < 4.78 is 6.00. The molecule has 2 heterocycles. The van der Waals surface area contributed by atoms with Gasteiger partial charge in [0.05, 0.1) is 16.6 Å². The van der Waals surface area contributed by atoms with Crippen LogP contribution in [0.15, 0.2) is 43.0 Å². The van der Waals surface area contributed by atoms with Crippen molar-refractivity contribution >= 4 is 28.3 Å². The Morgan fingerprint density at radius 3 is 2.71 bits per heavy atom. The Balaban J connectivity index is 1.81. The van der Waals surface area contributed by atoms with Crippen molar-refractivity contribution in [1.82, 2.24) is 9.97 Å². The van der Waals surface area contributed by atoms with Crippen molar-refractivity contribution < 1.29 is 9.53 Å². The molecule has 1 aliphatic rings. The van der Waals surface area contributed by atoms with Crippen molar-refractivity contribution in [1.29, 1.82) is 0 Å². The van der Waals surface area contributed by atoms with Gasteiger partial charge in [-0.25, -0.2) is 4.98 Å². The predicted octanol–water partition coefficient (Wildman–Crippen LogP) is 5.26. The Morgan fingerprint density at radius 2 is 2.00 bits per heavy atom. The first kappa shape index (κ1) is 21.0. The van der Waals surface area contributed by atoms with E-state index in [-0.39, 0.29) is 11.3 Å². The molecular weight excluding hydrogens is 388 g/mol. The van der Waals surface area contributed by atoms with Gasteiger partial charge in [-0.15, -0.1) is 0 Å². The molecule has 6 heteroatoms. The second-order valence-corrected chi connectivity index (χ2v) is 8.56. The van der Waals surface area contributed by atoms with Gasteiger partial charge in [-0.2, -0.15) is 0 Å².